The molecule has 2 rings (SSSR count). The zero-order valence-electron chi connectivity index (χ0n) is 15.1. The number of rotatable bonds is 7. The maximum atomic E-state index is 12.4. The number of benzene rings is 1. The minimum Gasteiger partial charge on any atom is -0.469 e. The highest BCUT2D eigenvalue weighted by Gasteiger charge is 2.28. The second-order valence-electron chi connectivity index (χ2n) is 6.03. The number of nitrogens with two attached hydrogens (primary N) is 1. The fourth-order valence-corrected chi connectivity index (χ4v) is 3.39. The predicted octanol–water partition coefficient (Wildman–Crippen LogP) is 3.40. The Labute approximate surface area is 163 Å². The van der Waals surface area contributed by atoms with Crippen molar-refractivity contribution >= 4 is 40.8 Å². The summed E-state index contributed by atoms with van der Waals surface area (Å²) >= 11 is 1.26. The van der Waals surface area contributed by atoms with Gasteiger partial charge in [-0.1, -0.05) is 43.7 Å². The van der Waals surface area contributed by atoms with Crippen molar-refractivity contribution in [3.05, 3.63) is 35.2 Å². The minimum atomic E-state index is -0.962. The molecule has 0 saturated heterocycles. The number of hydrogen-bond acceptors (Lipinski definition) is 6. The topological polar surface area (TPSA) is 94.3 Å². The van der Waals surface area contributed by atoms with Gasteiger partial charge >= 0.3 is 5.97 Å². The Hall–Kier alpha value is -1.96. The molecule has 0 bridgehead atoms. The molecule has 8 heteroatoms. The highest BCUT2D eigenvalue weighted by Crippen LogP contribution is 2.32. The zero-order chi connectivity index (χ0) is 18.4. The molecular formula is C18H24ClN3O3S. The van der Waals surface area contributed by atoms with Crippen LogP contribution in [0, 0.1) is 0 Å². The van der Waals surface area contributed by atoms with Gasteiger partial charge in [-0.3, -0.25) is 9.59 Å². The number of nitrogens with zero attached hydrogens (tertiary/aromatic N) is 1. The van der Waals surface area contributed by atoms with Crippen LogP contribution in [0.3, 0.4) is 0 Å². The van der Waals surface area contributed by atoms with Crippen LogP contribution in [0.5, 0.6) is 0 Å². The van der Waals surface area contributed by atoms with Crippen LogP contribution in [0.1, 0.15) is 31.6 Å². The van der Waals surface area contributed by atoms with E-state index >= 15 is 0 Å². The van der Waals surface area contributed by atoms with Gasteiger partial charge in [-0.25, -0.2) is 4.98 Å². The van der Waals surface area contributed by atoms with Crippen molar-refractivity contribution < 1.29 is 14.3 Å². The summed E-state index contributed by atoms with van der Waals surface area (Å²) in [6, 6.07) is 9.51. The quantitative estimate of drug-likeness (QED) is 0.698. The van der Waals surface area contributed by atoms with Gasteiger partial charge < -0.3 is 15.8 Å². The van der Waals surface area contributed by atoms with Crippen molar-refractivity contribution in [2.75, 3.05) is 12.4 Å². The van der Waals surface area contributed by atoms with Gasteiger partial charge in [0.1, 0.15) is 0 Å². The van der Waals surface area contributed by atoms with Gasteiger partial charge in [0, 0.05) is 10.4 Å². The second kappa shape index (κ2) is 9.66. The molecule has 3 N–H and O–H groups in total. The van der Waals surface area contributed by atoms with Crippen molar-refractivity contribution in [1.82, 2.24) is 4.98 Å². The third kappa shape index (κ3) is 5.52. The van der Waals surface area contributed by atoms with E-state index in [1.807, 2.05) is 37.3 Å². The number of carbonyl (C=O) groups is 2. The maximum Gasteiger partial charge on any atom is 0.310 e. The molecule has 1 heterocycles. The standard InChI is InChI=1S/C18H23N3O3S.ClH/c1-4-10-18(2,19)16(23)21-17-20-15(12-8-6-5-7-9-12)13(25-17)11-14(22)24-3;/h5-9H,4,10-11,19H2,1-3H3,(H,20,21,23);1H. The summed E-state index contributed by atoms with van der Waals surface area (Å²) in [5.41, 5.74) is 6.65. The van der Waals surface area contributed by atoms with Crippen molar-refractivity contribution in [2.45, 2.75) is 38.6 Å². The van der Waals surface area contributed by atoms with Gasteiger partial charge in [0.15, 0.2) is 5.13 Å². The number of carbonyl (C=O) groups excluding carboxylic acids is 2. The van der Waals surface area contributed by atoms with Gasteiger partial charge in [-0.15, -0.1) is 23.7 Å². The monoisotopic (exact) mass is 397 g/mol. The molecule has 0 spiro atoms. The summed E-state index contributed by atoms with van der Waals surface area (Å²) in [6.45, 7) is 3.68. The zero-order valence-corrected chi connectivity index (χ0v) is 16.7. The summed E-state index contributed by atoms with van der Waals surface area (Å²) in [7, 11) is 1.35. The number of thiazole rings is 1. The minimum absolute atomic E-state index is 0. The first-order valence-corrected chi connectivity index (χ1v) is 8.91. The molecule has 142 valence electrons. The molecule has 0 aliphatic heterocycles. The van der Waals surface area contributed by atoms with Gasteiger partial charge in [-0.2, -0.15) is 0 Å². The number of aromatic nitrogens is 1. The molecule has 26 heavy (non-hydrogen) atoms. The van der Waals surface area contributed by atoms with Gasteiger partial charge in [0.05, 0.1) is 24.8 Å². The summed E-state index contributed by atoms with van der Waals surface area (Å²) in [4.78, 5) is 29.3. The van der Waals surface area contributed by atoms with E-state index in [0.717, 1.165) is 16.9 Å². The molecule has 1 amide bonds. The average Bonchev–Trinajstić information content (AvgIpc) is 2.97. The van der Waals surface area contributed by atoms with Crippen LogP contribution >= 0.6 is 23.7 Å². The first kappa shape index (κ1) is 22.1. The lowest BCUT2D eigenvalue weighted by Crippen LogP contribution is -2.48. The number of nitrogens with one attached hydrogen (secondary N) is 1. The largest absolute Gasteiger partial charge is 0.469 e. The van der Waals surface area contributed by atoms with E-state index in [1.54, 1.807) is 6.92 Å². The normalized spacial score (nSPS) is 12.6. The summed E-state index contributed by atoms with van der Waals surface area (Å²) < 4.78 is 4.75. The molecule has 1 aromatic heterocycles. The van der Waals surface area contributed by atoms with Crippen LogP contribution in [0.15, 0.2) is 30.3 Å². The van der Waals surface area contributed by atoms with Crippen LogP contribution in [-0.4, -0.2) is 29.5 Å². The second-order valence-corrected chi connectivity index (χ2v) is 7.11. The van der Waals surface area contributed by atoms with E-state index < -0.39 is 5.54 Å². The van der Waals surface area contributed by atoms with Gasteiger partial charge in [0.2, 0.25) is 5.91 Å². The Morgan fingerprint density at radius 3 is 2.54 bits per heavy atom. The van der Waals surface area contributed by atoms with E-state index in [0.29, 0.717) is 17.2 Å². The van der Waals surface area contributed by atoms with Crippen molar-refractivity contribution in [3.8, 4) is 11.3 Å². The van der Waals surface area contributed by atoms with Crippen LogP contribution in [-0.2, 0) is 20.7 Å². The Balaban J connectivity index is 0.00000338. The SMILES string of the molecule is CCCC(C)(N)C(=O)Nc1nc(-c2ccccc2)c(CC(=O)OC)s1.Cl. The average molecular weight is 398 g/mol. The molecule has 0 aliphatic carbocycles. The molecule has 0 radical (unpaired) electrons. The van der Waals surface area contributed by atoms with Crippen molar-refractivity contribution in [1.29, 1.82) is 0 Å². The van der Waals surface area contributed by atoms with Gasteiger partial charge in [-0.05, 0) is 13.3 Å². The Morgan fingerprint density at radius 1 is 1.31 bits per heavy atom. The Morgan fingerprint density at radius 2 is 1.96 bits per heavy atom. The smallest absolute Gasteiger partial charge is 0.310 e. The molecular weight excluding hydrogens is 374 g/mol. The lowest BCUT2D eigenvalue weighted by atomic mass is 9.97. The molecule has 2 aromatic rings. The van der Waals surface area contributed by atoms with Crippen molar-refractivity contribution in [3.63, 3.8) is 0 Å². The third-order valence-corrected chi connectivity index (χ3v) is 4.76. The number of methoxy groups -OCH3 is 1. The highest BCUT2D eigenvalue weighted by molar-refractivity contribution is 7.16. The summed E-state index contributed by atoms with van der Waals surface area (Å²) in [5.74, 6) is -0.638. The molecule has 1 unspecified atom stereocenters. The molecule has 0 aliphatic rings. The molecule has 0 saturated carbocycles. The Kier molecular flexibility index (Phi) is 8.20. The third-order valence-electron chi connectivity index (χ3n) is 3.79. The number of halogens is 1. The van der Waals surface area contributed by atoms with E-state index in [4.69, 9.17) is 10.5 Å². The number of ether oxygens (including phenoxy) is 1. The lowest BCUT2D eigenvalue weighted by molar-refractivity contribution is -0.139. The van der Waals surface area contributed by atoms with E-state index in [2.05, 4.69) is 10.3 Å². The first-order chi connectivity index (χ1) is 11.9. The number of esters is 1. The fraction of sp³-hybridized carbons (Fsp3) is 0.389. The van der Waals surface area contributed by atoms with Crippen LogP contribution in [0.4, 0.5) is 5.13 Å². The summed E-state index contributed by atoms with van der Waals surface area (Å²) in [5, 5.41) is 3.21. The predicted molar refractivity (Wildman–Crippen MR) is 107 cm³/mol. The van der Waals surface area contributed by atoms with Gasteiger partial charge in [0.25, 0.3) is 0 Å². The first-order valence-electron chi connectivity index (χ1n) is 8.09. The number of anilines is 1. The van der Waals surface area contributed by atoms with E-state index in [-0.39, 0.29) is 30.7 Å². The summed E-state index contributed by atoms with van der Waals surface area (Å²) in [6.07, 6.45) is 1.48. The van der Waals surface area contributed by atoms with Crippen LogP contribution in [0.25, 0.3) is 11.3 Å². The molecule has 6 nitrogen and oxygen atoms in total. The van der Waals surface area contributed by atoms with E-state index in [1.165, 1.54) is 18.4 Å². The van der Waals surface area contributed by atoms with Crippen LogP contribution in [0.2, 0.25) is 0 Å². The van der Waals surface area contributed by atoms with E-state index in [9.17, 15) is 9.59 Å². The van der Waals surface area contributed by atoms with Crippen molar-refractivity contribution in [2.24, 2.45) is 5.73 Å². The number of hydrogen-bond donors (Lipinski definition) is 2. The van der Waals surface area contributed by atoms with Crippen LogP contribution < -0.4 is 11.1 Å². The Bertz CT molecular complexity index is 747. The molecule has 0 fully saturated rings. The molecule has 1 atom stereocenters. The maximum absolute atomic E-state index is 12.4. The lowest BCUT2D eigenvalue weighted by Gasteiger charge is -2.21. The molecule has 1 aromatic carbocycles. The number of amides is 1. The fourth-order valence-electron chi connectivity index (χ4n) is 2.42. The highest BCUT2D eigenvalue weighted by atomic mass is 35.5.